The van der Waals surface area contributed by atoms with Crippen LogP contribution >= 0.6 is 22.9 Å². The number of aliphatic hydroxyl groups excluding tert-OH is 2. The predicted molar refractivity (Wildman–Crippen MR) is 438 cm³/mol. The molecule has 31 nitrogen and oxygen atoms in total. The molecule has 114 heavy (non-hydrogen) atoms. The zero-order valence-electron chi connectivity index (χ0n) is 63.5. The number of aliphatic carboxylic acids is 1. The summed E-state index contributed by atoms with van der Waals surface area (Å²) in [7, 11) is 2.71. The average molecular weight is 1790 g/mol. The van der Waals surface area contributed by atoms with Crippen LogP contribution in [0.4, 0.5) is 10.5 Å². The van der Waals surface area contributed by atoms with Crippen molar-refractivity contribution in [2.24, 2.45) is 11.3 Å². The Bertz CT molecular complexity index is 3630. The summed E-state index contributed by atoms with van der Waals surface area (Å²) in [6, 6.07) is 34.8. The molecule has 1 aromatic heterocycles. The SMILES string of the molecule is C.C.C.C1COCCN1.C=CO.CC1(C)CC(=O)CC(=O)C1.CCCCC(CC)C(=O)[O-].CCNCC.CN1C(=O)CC(=O)N(C)C1=O.Cc1ccc(S(=O)O)cc1.Cc1ccc(S(=O)[O-])cc1.Cc1ccc(S(=O)[O-])cc1.O=S(O)c1ccccc1.O=S([O-])CO.O=S([O-])c1cccs1.O=[N+]([O-])c1cc(S(=O)[O-])ccc1Cl.[Na+]. The number of benzene rings is 5. The van der Waals surface area contributed by atoms with Gasteiger partial charge in [0.05, 0.1) is 44.8 Å². The fourth-order valence-corrected chi connectivity index (χ4v) is 10.7. The standard InChI is InChI=1S/C8H12O2.C8H16O2.3C7H8O2S.C6H4ClNO4S.C6H8N2O3.C6H6O2S.C4H9NO.C4H11N.C4H4O2S2.C2H4O.CH4O3S.3CH4.Na/c1-8(2)4-6(9)3-7(10)5-8;1-3-5-6-7(4-2)8(9)10;3*1-6-2-4-7(5-3-6)10(8)9;7-5-2-1-4(13(11)12)3-6(5)8(9)10;1-7-4(9)3-5(10)8(2)6(7)11;7-9(8)6-4-2-1-3-5-6;1-3-6-4-2-5-1;1-3-5-4-2;5-8(6)4-2-1-3-7-4;1-2-3;2-1-5(3)4;;;;/h3-5H2,1-2H3;7H,3-6H2,1-2H3,(H,9,10);3*2-5H,1H3,(H,8,9);1-3H,(H,11,12);3H2,1-2H3;1-5H,(H,7,8);5H,1-4H2;5H,3-4H2,1-2H3;1-3H,(H,5,6);2-3H,1H2;2H,1H2,(H,3,4);3*1H4;/q;;;;;;;;;;;;;;;;+1/p-6. The molecule has 2 saturated heterocycles. The largest absolute Gasteiger partial charge is 1.00 e. The molecule has 642 valence electrons. The van der Waals surface area contributed by atoms with Crippen molar-refractivity contribution in [3.05, 3.63) is 184 Å². The van der Waals surface area contributed by atoms with Gasteiger partial charge in [-0.1, -0.05) is 172 Å². The molecule has 9 rings (SSSR count). The number of nitro benzene ring substituents is 1. The number of nitro groups is 1. The number of hydrogen-bond acceptors (Lipinski definition) is 27. The topological polar surface area (TPSA) is 524 Å². The number of halogens is 1. The number of thiophene rings is 1. The van der Waals surface area contributed by atoms with Gasteiger partial charge in [0.2, 0.25) is 11.8 Å². The monoisotopic (exact) mass is 1780 g/mol. The number of imide groups is 2. The maximum atomic E-state index is 11.0. The molecule has 0 spiro atoms. The molecule has 3 aliphatic rings. The van der Waals surface area contributed by atoms with E-state index in [9.17, 15) is 87.5 Å². The number of unbranched alkanes of at least 4 members (excludes halogenated alkanes) is 1. The zero-order valence-corrected chi connectivity index (χ0v) is 72.8. The Hall–Kier alpha value is -5.94. The first kappa shape index (κ1) is 124. The van der Waals surface area contributed by atoms with E-state index in [-0.39, 0.29) is 97.5 Å². The molecule has 3 fully saturated rings. The van der Waals surface area contributed by atoms with E-state index in [2.05, 4.69) is 38.0 Å². The number of carbonyl (C=O) groups excluding carboxylic acids is 6. The second-order valence-electron chi connectivity index (χ2n) is 22.6. The van der Waals surface area contributed by atoms with Gasteiger partial charge in [0, 0.05) is 66.7 Å². The number of nitrogens with one attached hydrogen (secondary N) is 2. The summed E-state index contributed by atoms with van der Waals surface area (Å²) in [6.45, 7) is 26.8. The van der Waals surface area contributed by atoms with E-state index in [4.69, 9.17) is 44.4 Å². The van der Waals surface area contributed by atoms with Gasteiger partial charge in [-0.05, 0) is 186 Å². The quantitative estimate of drug-likeness (QED) is 0.0141. The molecule has 0 radical (unpaired) electrons. The number of amides is 4. The summed E-state index contributed by atoms with van der Waals surface area (Å²) in [5, 5.41) is 43.4. The Morgan fingerprint density at radius 2 is 1.03 bits per heavy atom. The number of aliphatic hydroxyl groups is 2. The van der Waals surface area contributed by atoms with Gasteiger partial charge in [-0.2, -0.15) is 0 Å². The number of carboxylic acid groups (broad SMARTS) is 1. The van der Waals surface area contributed by atoms with E-state index in [0.717, 1.165) is 97.5 Å². The van der Waals surface area contributed by atoms with Gasteiger partial charge >= 0.3 is 35.6 Å². The number of ketones is 2. The van der Waals surface area contributed by atoms with E-state index in [1.54, 1.807) is 109 Å². The molecule has 8 unspecified atom stereocenters. The van der Waals surface area contributed by atoms with Crippen LogP contribution in [0.2, 0.25) is 5.02 Å². The molecule has 6 aromatic rings. The van der Waals surface area contributed by atoms with Gasteiger partial charge in [0.25, 0.3) is 5.69 Å². The Labute approximate surface area is 719 Å². The fourth-order valence-electron chi connectivity index (χ4n) is 7.57. The Morgan fingerprint density at radius 1 is 0.649 bits per heavy atom. The van der Waals surface area contributed by atoms with Crippen molar-refractivity contribution < 1.29 is 145 Å². The van der Waals surface area contributed by atoms with Crippen molar-refractivity contribution in [2.75, 3.05) is 59.4 Å². The number of urea groups is 1. The van der Waals surface area contributed by atoms with E-state index >= 15 is 0 Å². The van der Waals surface area contributed by atoms with Crippen LogP contribution in [0.1, 0.15) is 132 Å². The normalized spacial score (nSPS) is 14.4. The molecular weight excluding hydrogens is 1680 g/mol. The van der Waals surface area contributed by atoms with Crippen molar-refractivity contribution in [1.82, 2.24) is 20.4 Å². The molecule has 0 bridgehead atoms. The average Bonchev–Trinajstić information content (AvgIpc) is 1.28. The Balaban J connectivity index is -0.000000179. The number of carbonyl (C=O) groups is 6. The minimum Gasteiger partial charge on any atom is -0.771 e. The third kappa shape index (κ3) is 65.1. The number of carboxylic acids is 1. The minimum absolute atomic E-state index is 0. The smallest absolute Gasteiger partial charge is 0.771 e. The third-order valence-electron chi connectivity index (χ3n) is 13.1. The van der Waals surface area contributed by atoms with Gasteiger partial charge in [-0.3, -0.25) is 60.1 Å². The molecular formula is C73H108ClN5NaO26S8-5. The first-order valence-corrected chi connectivity index (χ1v) is 41.6. The molecule has 4 amide bonds. The molecule has 5 aromatic carbocycles. The van der Waals surface area contributed by atoms with E-state index < -0.39 is 118 Å². The van der Waals surface area contributed by atoms with Gasteiger partial charge < -0.3 is 67.4 Å². The van der Waals surface area contributed by atoms with Crippen molar-refractivity contribution in [1.29, 1.82) is 0 Å². The minimum atomic E-state index is -2.48. The molecule has 8 atom stereocenters. The van der Waals surface area contributed by atoms with E-state index in [0.29, 0.717) is 43.1 Å². The summed E-state index contributed by atoms with van der Waals surface area (Å²) in [5.74, 6) is -2.59. The first-order chi connectivity index (χ1) is 51.6. The number of rotatable bonds is 15. The van der Waals surface area contributed by atoms with Crippen LogP contribution < -0.4 is 45.3 Å². The number of aryl methyl sites for hydroxylation is 3. The summed E-state index contributed by atoms with van der Waals surface area (Å²) in [4.78, 5) is 77.5. The molecule has 41 heteroatoms. The number of ether oxygens (including phenoxy) is 1. The van der Waals surface area contributed by atoms with E-state index in [1.807, 2.05) is 53.7 Å². The van der Waals surface area contributed by atoms with Crippen LogP contribution in [0.15, 0.2) is 180 Å². The van der Waals surface area contributed by atoms with Gasteiger partial charge in [0.15, 0.2) is 22.2 Å². The van der Waals surface area contributed by atoms with Crippen LogP contribution in [0.5, 0.6) is 0 Å². The Morgan fingerprint density at radius 3 is 1.27 bits per heavy atom. The van der Waals surface area contributed by atoms with Crippen LogP contribution in [-0.4, -0.2) is 181 Å². The molecule has 1 saturated carbocycles. The van der Waals surface area contributed by atoms with Crippen LogP contribution in [0.3, 0.4) is 0 Å². The second-order valence-corrected chi connectivity index (χ2v) is 30.8. The number of Topliss-reactive ketones (excluding diaryl/α,β-unsaturated/α-hetero) is 2. The number of morpholine rings is 1. The van der Waals surface area contributed by atoms with Crippen LogP contribution in [0.25, 0.3) is 0 Å². The van der Waals surface area contributed by atoms with Crippen LogP contribution in [0, 0.1) is 42.2 Å². The maximum absolute atomic E-state index is 11.0. The maximum Gasteiger partial charge on any atom is 1.00 e. The molecule has 1 aliphatic carbocycles. The van der Waals surface area contributed by atoms with Crippen molar-refractivity contribution >= 4 is 142 Å². The number of hydrogen-bond donors (Lipinski definition) is 6. The van der Waals surface area contributed by atoms with Gasteiger partial charge in [0.1, 0.15) is 28.9 Å². The summed E-state index contributed by atoms with van der Waals surface area (Å²) in [6.07, 6.45) is 5.37. The van der Waals surface area contributed by atoms with Gasteiger partial charge in [-0.25, -0.2) is 13.2 Å². The molecule has 2 aliphatic heterocycles. The fraction of sp³-hybridized carbons (Fsp3) is 0.425. The first-order valence-electron chi connectivity index (χ1n) is 32.6. The predicted octanol–water partition coefficient (Wildman–Crippen LogP) is 8.13. The van der Waals surface area contributed by atoms with Crippen molar-refractivity contribution in [3.8, 4) is 0 Å². The van der Waals surface area contributed by atoms with Gasteiger partial charge in [-0.15, -0.1) is 11.3 Å². The number of nitrogens with zero attached hydrogens (tertiary/aromatic N) is 3. The van der Waals surface area contributed by atoms with E-state index in [1.165, 1.54) is 37.6 Å². The molecule has 3 heterocycles. The number of barbiturate groups is 1. The second kappa shape index (κ2) is 74.6. The zero-order chi connectivity index (χ0) is 85.1. The summed E-state index contributed by atoms with van der Waals surface area (Å²) in [5.41, 5.74) is 2.73. The molecule has 6 N–H and O–H groups in total. The van der Waals surface area contributed by atoms with Crippen molar-refractivity contribution in [3.63, 3.8) is 0 Å². The summed E-state index contributed by atoms with van der Waals surface area (Å²) >= 11 is -7.94. The summed E-state index contributed by atoms with van der Waals surface area (Å²) < 4.78 is 144. The Kier molecular flexibility index (Phi) is 80.9. The third-order valence-corrected chi connectivity index (χ3v) is 18.8. The van der Waals surface area contributed by atoms with Crippen molar-refractivity contribution in [2.45, 2.75) is 165 Å². The van der Waals surface area contributed by atoms with Crippen LogP contribution in [-0.2, 0) is 106 Å².